The van der Waals surface area contributed by atoms with Gasteiger partial charge in [0.25, 0.3) is 0 Å². The van der Waals surface area contributed by atoms with Crippen LogP contribution in [0.3, 0.4) is 0 Å². The molecule has 0 saturated heterocycles. The first-order valence-corrected chi connectivity index (χ1v) is 9.62. The Morgan fingerprint density at radius 2 is 1.63 bits per heavy atom. The first-order chi connectivity index (χ1) is 12.5. The largest absolute Gasteiger partial charge is 0.373 e. The molecule has 2 rings (SSSR count). The van der Waals surface area contributed by atoms with Crippen LogP contribution in [0, 0.1) is 11.6 Å². The molecule has 2 aromatic carbocycles. The zero-order valence-electron chi connectivity index (χ0n) is 14.8. The van der Waals surface area contributed by atoms with Crippen LogP contribution in [0.1, 0.15) is 6.92 Å². The van der Waals surface area contributed by atoms with Crippen LogP contribution in [-0.2, 0) is 14.8 Å². The molecule has 0 radical (unpaired) electrons. The molecule has 146 valence electrons. The molecule has 0 heterocycles. The van der Waals surface area contributed by atoms with Crippen molar-refractivity contribution < 1.29 is 22.0 Å². The normalized spacial score (nSPS) is 12.5. The van der Waals surface area contributed by atoms with Gasteiger partial charge in [0.15, 0.2) is 11.6 Å². The summed E-state index contributed by atoms with van der Waals surface area (Å²) in [5.74, 6) is -2.49. The zero-order valence-corrected chi connectivity index (χ0v) is 16.3. The lowest BCUT2D eigenvalue weighted by molar-refractivity contribution is -0.117. The summed E-state index contributed by atoms with van der Waals surface area (Å²) in [7, 11) is -1.01. The second-order valence-corrected chi connectivity index (χ2v) is 8.12. The number of carbonyl (C=O) groups excluding carboxylic acids is 1. The Bertz CT molecular complexity index is 927. The molecule has 0 spiro atoms. The molecule has 10 heteroatoms. The number of nitrogens with one attached hydrogen (secondary N) is 2. The van der Waals surface area contributed by atoms with Crippen molar-refractivity contribution in [2.24, 2.45) is 0 Å². The van der Waals surface area contributed by atoms with Crippen LogP contribution in [0.25, 0.3) is 0 Å². The van der Waals surface area contributed by atoms with Crippen molar-refractivity contribution in [3.63, 3.8) is 0 Å². The number of benzene rings is 2. The summed E-state index contributed by atoms with van der Waals surface area (Å²) in [5, 5.41) is 2.65. The first-order valence-electron chi connectivity index (χ1n) is 7.76. The van der Waals surface area contributed by atoms with Crippen molar-refractivity contribution in [3.05, 3.63) is 53.1 Å². The molecule has 0 unspecified atom stereocenters. The van der Waals surface area contributed by atoms with Crippen molar-refractivity contribution in [1.29, 1.82) is 0 Å². The van der Waals surface area contributed by atoms with Gasteiger partial charge in [-0.25, -0.2) is 17.2 Å². The van der Waals surface area contributed by atoms with E-state index in [1.807, 2.05) is 0 Å². The summed E-state index contributed by atoms with van der Waals surface area (Å²) in [6, 6.07) is 6.11. The third kappa shape index (κ3) is 5.15. The van der Waals surface area contributed by atoms with E-state index in [1.165, 1.54) is 50.2 Å². The average Bonchev–Trinajstić information content (AvgIpc) is 2.53. The number of halogens is 3. The number of carbonyl (C=O) groups is 1. The van der Waals surface area contributed by atoms with E-state index in [9.17, 15) is 22.0 Å². The van der Waals surface area contributed by atoms with E-state index >= 15 is 0 Å². The molecule has 0 aromatic heterocycles. The SMILES string of the molecule is C[C@H](NS(=O)(=O)c1ccc(Cl)cc1)C(=O)Nc1cc(F)c(N(C)C)c(F)c1. The Kier molecular flexibility index (Phi) is 6.40. The summed E-state index contributed by atoms with van der Waals surface area (Å²) in [6.07, 6.45) is 0. The molecule has 2 N–H and O–H groups in total. The standard InChI is InChI=1S/C17H18ClF2N3O3S/c1-10(22-27(25,26)13-6-4-11(18)5-7-13)17(24)21-12-8-14(19)16(23(2)3)15(20)9-12/h4-10,22H,1-3H3,(H,21,24)/t10-/m0/s1. The Morgan fingerprint density at radius 3 is 2.11 bits per heavy atom. The predicted molar refractivity (Wildman–Crippen MR) is 101 cm³/mol. The van der Waals surface area contributed by atoms with Crippen LogP contribution < -0.4 is 14.9 Å². The van der Waals surface area contributed by atoms with E-state index < -0.39 is 33.6 Å². The van der Waals surface area contributed by atoms with Crippen molar-refractivity contribution in [1.82, 2.24) is 4.72 Å². The van der Waals surface area contributed by atoms with Gasteiger partial charge in [0.1, 0.15) is 5.69 Å². The lowest BCUT2D eigenvalue weighted by atomic mass is 10.2. The number of hydrogen-bond acceptors (Lipinski definition) is 4. The number of rotatable bonds is 6. The van der Waals surface area contributed by atoms with Gasteiger partial charge in [0.05, 0.1) is 10.9 Å². The molecule has 6 nitrogen and oxygen atoms in total. The molecular formula is C17H18ClF2N3O3S. The lowest BCUT2D eigenvalue weighted by Gasteiger charge is -2.17. The molecular weight excluding hydrogens is 400 g/mol. The molecule has 0 aliphatic rings. The number of nitrogens with zero attached hydrogens (tertiary/aromatic N) is 1. The highest BCUT2D eigenvalue weighted by atomic mass is 35.5. The summed E-state index contributed by atoms with van der Waals surface area (Å²) in [4.78, 5) is 13.4. The number of sulfonamides is 1. The van der Waals surface area contributed by atoms with E-state index in [4.69, 9.17) is 11.6 Å². The second-order valence-electron chi connectivity index (χ2n) is 5.97. The third-order valence-corrected chi connectivity index (χ3v) is 5.39. The summed E-state index contributed by atoms with van der Waals surface area (Å²) < 4.78 is 54.7. The van der Waals surface area contributed by atoms with Crippen LogP contribution in [0.2, 0.25) is 5.02 Å². The quantitative estimate of drug-likeness (QED) is 0.757. The summed E-state index contributed by atoms with van der Waals surface area (Å²) in [5.41, 5.74) is -0.373. The van der Waals surface area contributed by atoms with Gasteiger partial charge in [-0.05, 0) is 43.3 Å². The van der Waals surface area contributed by atoms with Gasteiger partial charge in [-0.15, -0.1) is 0 Å². The Morgan fingerprint density at radius 1 is 1.11 bits per heavy atom. The first kappa shape index (κ1) is 21.1. The number of amides is 1. The van der Waals surface area contributed by atoms with E-state index in [-0.39, 0.29) is 16.3 Å². The van der Waals surface area contributed by atoms with Crippen molar-refractivity contribution in [2.75, 3.05) is 24.3 Å². The number of hydrogen-bond donors (Lipinski definition) is 2. The fraction of sp³-hybridized carbons (Fsp3) is 0.235. The minimum atomic E-state index is -3.97. The highest BCUT2D eigenvalue weighted by Gasteiger charge is 2.23. The van der Waals surface area contributed by atoms with Gasteiger partial charge in [0, 0.05) is 24.8 Å². The second kappa shape index (κ2) is 8.20. The van der Waals surface area contributed by atoms with Crippen molar-refractivity contribution >= 4 is 38.9 Å². The maximum Gasteiger partial charge on any atom is 0.242 e. The van der Waals surface area contributed by atoms with Gasteiger partial charge in [-0.1, -0.05) is 11.6 Å². The smallest absolute Gasteiger partial charge is 0.242 e. The van der Waals surface area contributed by atoms with E-state index in [2.05, 4.69) is 10.0 Å². The van der Waals surface area contributed by atoms with Gasteiger partial charge < -0.3 is 10.2 Å². The van der Waals surface area contributed by atoms with Crippen LogP contribution in [0.15, 0.2) is 41.3 Å². The van der Waals surface area contributed by atoms with Crippen LogP contribution in [-0.4, -0.2) is 34.5 Å². The minimum Gasteiger partial charge on any atom is -0.373 e. The molecule has 0 fully saturated rings. The van der Waals surface area contributed by atoms with Gasteiger partial charge in [-0.3, -0.25) is 4.79 Å². The van der Waals surface area contributed by atoms with E-state index in [1.54, 1.807) is 0 Å². The molecule has 0 bridgehead atoms. The topological polar surface area (TPSA) is 78.5 Å². The predicted octanol–water partition coefficient (Wildman–Crippen LogP) is 2.99. The fourth-order valence-corrected chi connectivity index (χ4v) is 3.61. The molecule has 27 heavy (non-hydrogen) atoms. The Hall–Kier alpha value is -2.23. The maximum absolute atomic E-state index is 14.0. The highest BCUT2D eigenvalue weighted by molar-refractivity contribution is 7.89. The van der Waals surface area contributed by atoms with Crippen LogP contribution >= 0.6 is 11.6 Å². The zero-order chi connectivity index (χ0) is 20.4. The molecule has 1 amide bonds. The third-order valence-electron chi connectivity index (χ3n) is 3.58. The highest BCUT2D eigenvalue weighted by Crippen LogP contribution is 2.25. The van der Waals surface area contributed by atoms with Gasteiger partial charge >= 0.3 is 0 Å². The molecule has 0 aliphatic carbocycles. The van der Waals surface area contributed by atoms with Crippen molar-refractivity contribution in [2.45, 2.75) is 17.9 Å². The molecule has 1 atom stereocenters. The van der Waals surface area contributed by atoms with Crippen LogP contribution in [0.5, 0.6) is 0 Å². The lowest BCUT2D eigenvalue weighted by Crippen LogP contribution is -2.41. The average molecular weight is 418 g/mol. The molecule has 0 saturated carbocycles. The maximum atomic E-state index is 14.0. The molecule has 2 aromatic rings. The van der Waals surface area contributed by atoms with Gasteiger partial charge in [0.2, 0.25) is 15.9 Å². The minimum absolute atomic E-state index is 0.0704. The Balaban J connectivity index is 2.13. The summed E-state index contributed by atoms with van der Waals surface area (Å²) >= 11 is 5.72. The van der Waals surface area contributed by atoms with Crippen LogP contribution in [0.4, 0.5) is 20.2 Å². The molecule has 0 aliphatic heterocycles. The number of anilines is 2. The van der Waals surface area contributed by atoms with E-state index in [0.29, 0.717) is 5.02 Å². The van der Waals surface area contributed by atoms with E-state index in [0.717, 1.165) is 12.1 Å². The van der Waals surface area contributed by atoms with Gasteiger partial charge in [-0.2, -0.15) is 4.72 Å². The monoisotopic (exact) mass is 417 g/mol. The fourth-order valence-electron chi connectivity index (χ4n) is 2.28. The summed E-state index contributed by atoms with van der Waals surface area (Å²) in [6.45, 7) is 1.31. The van der Waals surface area contributed by atoms with Crippen molar-refractivity contribution in [3.8, 4) is 0 Å². The Labute approximate surface area is 161 Å².